The quantitative estimate of drug-likeness (QED) is 0.788. The van der Waals surface area contributed by atoms with Gasteiger partial charge in [0, 0.05) is 18.5 Å². The number of hydrogen-bond donors (Lipinski definition) is 2. The van der Waals surface area contributed by atoms with Gasteiger partial charge in [-0.1, -0.05) is 12.8 Å². The lowest BCUT2D eigenvalue weighted by molar-refractivity contribution is 0.0285. The van der Waals surface area contributed by atoms with Gasteiger partial charge >= 0.3 is 0 Å². The van der Waals surface area contributed by atoms with Crippen LogP contribution in [0.1, 0.15) is 51.9 Å². The van der Waals surface area contributed by atoms with Crippen LogP contribution in [0.25, 0.3) is 0 Å². The second kappa shape index (κ2) is 6.17. The average Bonchev–Trinajstić information content (AvgIpc) is 2.73. The minimum absolute atomic E-state index is 0.0767. The van der Waals surface area contributed by atoms with Crippen LogP contribution in [0.2, 0.25) is 0 Å². The molecule has 0 bridgehead atoms. The van der Waals surface area contributed by atoms with Crippen LogP contribution in [0, 0.1) is 5.92 Å². The van der Waals surface area contributed by atoms with E-state index in [0.717, 1.165) is 25.9 Å². The summed E-state index contributed by atoms with van der Waals surface area (Å²) in [4.78, 5) is 2.52. The first-order chi connectivity index (χ1) is 8.18. The molecule has 0 spiro atoms. The highest BCUT2D eigenvalue weighted by Gasteiger charge is 2.36. The molecule has 0 amide bonds. The van der Waals surface area contributed by atoms with Crippen molar-refractivity contribution in [2.24, 2.45) is 5.92 Å². The molecule has 3 heteroatoms. The lowest BCUT2D eigenvalue weighted by atomic mass is 9.87. The predicted octanol–water partition coefficient (Wildman–Crippen LogP) is 1.77. The van der Waals surface area contributed by atoms with Gasteiger partial charge in [0.05, 0.1) is 12.2 Å². The number of aliphatic hydroxyl groups excluding tert-OH is 2. The van der Waals surface area contributed by atoms with Crippen LogP contribution in [-0.4, -0.2) is 46.5 Å². The third-order valence-electron chi connectivity index (χ3n) is 4.52. The molecule has 0 aromatic heterocycles. The number of piperidine rings is 1. The Labute approximate surface area is 105 Å². The molecule has 100 valence electrons. The van der Waals surface area contributed by atoms with Gasteiger partial charge in [0.2, 0.25) is 0 Å². The summed E-state index contributed by atoms with van der Waals surface area (Å²) in [6.45, 7) is 4.01. The monoisotopic (exact) mass is 241 g/mol. The van der Waals surface area contributed by atoms with Crippen LogP contribution in [-0.2, 0) is 0 Å². The van der Waals surface area contributed by atoms with Crippen molar-refractivity contribution in [2.75, 3.05) is 13.1 Å². The zero-order chi connectivity index (χ0) is 12.3. The molecule has 0 aromatic rings. The SMILES string of the molecule is CC(O)CCN1CCCCC1C1CCCC1O. The Morgan fingerprint density at radius 3 is 2.65 bits per heavy atom. The van der Waals surface area contributed by atoms with Crippen molar-refractivity contribution >= 4 is 0 Å². The second-order valence-electron chi connectivity index (χ2n) is 5.90. The normalized spacial score (nSPS) is 37.2. The topological polar surface area (TPSA) is 43.7 Å². The van der Waals surface area contributed by atoms with E-state index in [1.54, 1.807) is 0 Å². The second-order valence-corrected chi connectivity index (χ2v) is 5.90. The first-order valence-electron chi connectivity index (χ1n) is 7.28. The zero-order valence-electron chi connectivity index (χ0n) is 11.0. The molecule has 2 fully saturated rings. The summed E-state index contributed by atoms with van der Waals surface area (Å²) in [5.41, 5.74) is 0. The summed E-state index contributed by atoms with van der Waals surface area (Å²) in [6.07, 6.45) is 7.77. The van der Waals surface area contributed by atoms with Crippen molar-refractivity contribution in [1.82, 2.24) is 4.90 Å². The summed E-state index contributed by atoms with van der Waals surface area (Å²) >= 11 is 0. The first-order valence-corrected chi connectivity index (χ1v) is 7.28. The molecule has 1 heterocycles. The fraction of sp³-hybridized carbons (Fsp3) is 1.00. The largest absolute Gasteiger partial charge is 0.393 e. The Morgan fingerprint density at radius 2 is 2.00 bits per heavy atom. The summed E-state index contributed by atoms with van der Waals surface area (Å²) in [6, 6.07) is 0.569. The molecule has 17 heavy (non-hydrogen) atoms. The molecule has 1 saturated carbocycles. The molecule has 2 rings (SSSR count). The van der Waals surface area contributed by atoms with Gasteiger partial charge in [0.25, 0.3) is 0 Å². The summed E-state index contributed by atoms with van der Waals surface area (Å²) in [7, 11) is 0. The maximum atomic E-state index is 10.1. The molecule has 2 aliphatic rings. The van der Waals surface area contributed by atoms with E-state index >= 15 is 0 Å². The third kappa shape index (κ3) is 3.43. The lowest BCUT2D eigenvalue weighted by Gasteiger charge is -2.40. The van der Waals surface area contributed by atoms with Crippen molar-refractivity contribution in [3.63, 3.8) is 0 Å². The third-order valence-corrected chi connectivity index (χ3v) is 4.52. The number of hydrogen-bond acceptors (Lipinski definition) is 3. The molecule has 1 aliphatic heterocycles. The fourth-order valence-electron chi connectivity index (χ4n) is 3.55. The summed E-state index contributed by atoms with van der Waals surface area (Å²) in [5.74, 6) is 0.490. The van der Waals surface area contributed by atoms with E-state index in [4.69, 9.17) is 0 Å². The van der Waals surface area contributed by atoms with Crippen LogP contribution >= 0.6 is 0 Å². The van der Waals surface area contributed by atoms with Crippen LogP contribution < -0.4 is 0 Å². The average molecular weight is 241 g/mol. The van der Waals surface area contributed by atoms with Crippen LogP contribution in [0.3, 0.4) is 0 Å². The van der Waals surface area contributed by atoms with Gasteiger partial charge < -0.3 is 10.2 Å². The highest BCUT2D eigenvalue weighted by molar-refractivity contribution is 4.90. The smallest absolute Gasteiger partial charge is 0.0583 e. The van der Waals surface area contributed by atoms with E-state index in [9.17, 15) is 10.2 Å². The van der Waals surface area contributed by atoms with E-state index in [1.807, 2.05) is 6.92 Å². The van der Waals surface area contributed by atoms with Crippen LogP contribution in [0.15, 0.2) is 0 Å². The maximum absolute atomic E-state index is 10.1. The Bertz CT molecular complexity index is 232. The molecule has 4 atom stereocenters. The van der Waals surface area contributed by atoms with E-state index in [0.29, 0.717) is 12.0 Å². The summed E-state index contributed by atoms with van der Waals surface area (Å²) < 4.78 is 0. The van der Waals surface area contributed by atoms with Gasteiger partial charge in [-0.25, -0.2) is 0 Å². The van der Waals surface area contributed by atoms with Crippen LogP contribution in [0.4, 0.5) is 0 Å². The molecule has 1 aliphatic carbocycles. The Morgan fingerprint density at radius 1 is 1.18 bits per heavy atom. The van der Waals surface area contributed by atoms with E-state index in [2.05, 4.69) is 4.90 Å². The van der Waals surface area contributed by atoms with Gasteiger partial charge in [-0.15, -0.1) is 0 Å². The van der Waals surface area contributed by atoms with Crippen molar-refractivity contribution in [1.29, 1.82) is 0 Å². The van der Waals surface area contributed by atoms with Crippen LogP contribution in [0.5, 0.6) is 0 Å². The fourth-order valence-corrected chi connectivity index (χ4v) is 3.55. The van der Waals surface area contributed by atoms with Gasteiger partial charge in [0.15, 0.2) is 0 Å². The molecule has 4 unspecified atom stereocenters. The van der Waals surface area contributed by atoms with E-state index in [-0.39, 0.29) is 12.2 Å². The number of nitrogens with zero attached hydrogens (tertiary/aromatic N) is 1. The highest BCUT2D eigenvalue weighted by Crippen LogP contribution is 2.35. The highest BCUT2D eigenvalue weighted by atomic mass is 16.3. The van der Waals surface area contributed by atoms with Gasteiger partial charge in [-0.3, -0.25) is 4.90 Å². The van der Waals surface area contributed by atoms with Crippen molar-refractivity contribution in [3.8, 4) is 0 Å². The molecule has 2 N–H and O–H groups in total. The molecule has 0 aromatic carbocycles. The Hall–Kier alpha value is -0.120. The number of aliphatic hydroxyl groups is 2. The van der Waals surface area contributed by atoms with E-state index < -0.39 is 0 Å². The number of rotatable bonds is 4. The molecule has 0 radical (unpaired) electrons. The Kier molecular flexibility index (Phi) is 4.83. The molecular formula is C14H27NO2. The minimum Gasteiger partial charge on any atom is -0.393 e. The van der Waals surface area contributed by atoms with Gasteiger partial charge in [-0.2, -0.15) is 0 Å². The lowest BCUT2D eigenvalue weighted by Crippen LogP contribution is -2.47. The molecule has 3 nitrogen and oxygen atoms in total. The van der Waals surface area contributed by atoms with Gasteiger partial charge in [0.1, 0.15) is 0 Å². The molecule has 1 saturated heterocycles. The first kappa shape index (κ1) is 13.3. The van der Waals surface area contributed by atoms with Crippen molar-refractivity contribution in [3.05, 3.63) is 0 Å². The maximum Gasteiger partial charge on any atom is 0.0583 e. The standard InChI is InChI=1S/C14H27NO2/c1-11(16)8-10-15-9-3-2-6-13(15)12-5-4-7-14(12)17/h11-14,16-17H,2-10H2,1H3. The van der Waals surface area contributed by atoms with E-state index in [1.165, 1.54) is 32.1 Å². The van der Waals surface area contributed by atoms with Crippen molar-refractivity contribution in [2.45, 2.75) is 70.1 Å². The predicted molar refractivity (Wildman–Crippen MR) is 68.9 cm³/mol. The minimum atomic E-state index is -0.203. The van der Waals surface area contributed by atoms with Gasteiger partial charge in [-0.05, 0) is 45.6 Å². The number of likely N-dealkylation sites (tertiary alicyclic amines) is 1. The summed E-state index contributed by atoms with van der Waals surface area (Å²) in [5, 5.41) is 19.5. The molecular weight excluding hydrogens is 214 g/mol. The van der Waals surface area contributed by atoms with Crippen molar-refractivity contribution < 1.29 is 10.2 Å². The zero-order valence-corrected chi connectivity index (χ0v) is 11.0. The Balaban J connectivity index is 1.91.